The van der Waals surface area contributed by atoms with E-state index in [1.807, 2.05) is 6.07 Å². The van der Waals surface area contributed by atoms with E-state index in [0.29, 0.717) is 22.0 Å². The minimum absolute atomic E-state index is 0.0961. The molecule has 0 unspecified atom stereocenters. The summed E-state index contributed by atoms with van der Waals surface area (Å²) >= 11 is 1.26. The highest BCUT2D eigenvalue weighted by atomic mass is 32.2. The Labute approximate surface area is 143 Å². The van der Waals surface area contributed by atoms with Gasteiger partial charge in [-0.3, -0.25) is 4.79 Å². The van der Waals surface area contributed by atoms with Gasteiger partial charge in [-0.15, -0.1) is 0 Å². The van der Waals surface area contributed by atoms with Crippen molar-refractivity contribution in [3.63, 3.8) is 0 Å². The Hall–Kier alpha value is -2.79. The first-order valence-corrected chi connectivity index (χ1v) is 8.13. The Bertz CT molecular complexity index is 884. The van der Waals surface area contributed by atoms with Crippen LogP contribution in [0.15, 0.2) is 28.2 Å². The van der Waals surface area contributed by atoms with Crippen LogP contribution in [0.25, 0.3) is 11.3 Å². The number of benzene rings is 1. The van der Waals surface area contributed by atoms with Crippen LogP contribution < -0.4 is 10.5 Å². The molecular weight excluding hydrogens is 328 g/mol. The molecule has 2 aromatic rings. The predicted octanol–water partition coefficient (Wildman–Crippen LogP) is 1.88. The zero-order chi connectivity index (χ0) is 17.9. The zero-order valence-electron chi connectivity index (χ0n) is 13.7. The van der Waals surface area contributed by atoms with Crippen molar-refractivity contribution in [1.82, 2.24) is 9.97 Å². The number of H-pyrrole nitrogens is 1. The van der Waals surface area contributed by atoms with Crippen LogP contribution in [0.3, 0.4) is 0 Å². The van der Waals surface area contributed by atoms with Crippen LogP contribution in [-0.4, -0.2) is 43.4 Å². The number of thioether (sulfide) groups is 1. The molecule has 0 aliphatic carbocycles. The van der Waals surface area contributed by atoms with Crippen molar-refractivity contribution in [2.75, 3.05) is 32.4 Å². The molecule has 0 bridgehead atoms. The van der Waals surface area contributed by atoms with Gasteiger partial charge in [0.05, 0.1) is 24.1 Å². The first-order chi connectivity index (χ1) is 11.4. The number of rotatable bonds is 4. The minimum atomic E-state index is -0.511. The van der Waals surface area contributed by atoms with Crippen molar-refractivity contribution in [3.8, 4) is 17.3 Å². The van der Waals surface area contributed by atoms with Crippen molar-refractivity contribution in [2.45, 2.75) is 5.16 Å². The van der Waals surface area contributed by atoms with Gasteiger partial charge in [0.1, 0.15) is 11.6 Å². The maximum absolute atomic E-state index is 12.1. The van der Waals surface area contributed by atoms with Crippen LogP contribution in [0.5, 0.6) is 0 Å². The molecule has 124 valence electrons. The number of carbonyl (C=O) groups is 1. The van der Waals surface area contributed by atoms with E-state index in [-0.39, 0.29) is 11.3 Å². The van der Waals surface area contributed by atoms with Gasteiger partial charge in [-0.05, 0) is 18.4 Å². The van der Waals surface area contributed by atoms with Crippen molar-refractivity contribution in [3.05, 3.63) is 39.7 Å². The number of methoxy groups -OCH3 is 1. The molecule has 1 heterocycles. The molecule has 0 atom stereocenters. The van der Waals surface area contributed by atoms with Crippen molar-refractivity contribution >= 4 is 23.4 Å². The van der Waals surface area contributed by atoms with Gasteiger partial charge < -0.3 is 14.6 Å². The normalized spacial score (nSPS) is 10.1. The summed E-state index contributed by atoms with van der Waals surface area (Å²) in [6.45, 7) is 0. The van der Waals surface area contributed by atoms with E-state index < -0.39 is 11.5 Å². The molecule has 0 aliphatic heterocycles. The average molecular weight is 344 g/mol. The Morgan fingerprint density at radius 1 is 1.42 bits per heavy atom. The standard InChI is InChI=1S/C16H16N4O3S/c1-20(2)12-6-5-9(7-10(12)15(22)23-3)13-11(8-17)14(21)19-16(18-13)24-4/h5-7H,1-4H3,(H,18,19,21). The lowest BCUT2D eigenvalue weighted by Crippen LogP contribution is -2.16. The summed E-state index contributed by atoms with van der Waals surface area (Å²) in [5.41, 5.74) is 1.13. The second kappa shape index (κ2) is 7.19. The van der Waals surface area contributed by atoms with Gasteiger partial charge in [0.25, 0.3) is 5.56 Å². The summed E-state index contributed by atoms with van der Waals surface area (Å²) in [7, 11) is 4.91. The Balaban J connectivity index is 2.75. The van der Waals surface area contributed by atoms with Gasteiger partial charge in [-0.1, -0.05) is 17.8 Å². The maximum atomic E-state index is 12.1. The third-order valence-electron chi connectivity index (χ3n) is 3.36. The van der Waals surface area contributed by atoms with Crippen molar-refractivity contribution in [2.24, 2.45) is 0 Å². The van der Waals surface area contributed by atoms with E-state index in [4.69, 9.17) is 4.74 Å². The summed E-state index contributed by atoms with van der Waals surface area (Å²) in [6, 6.07) is 6.89. The number of ether oxygens (including phenoxy) is 1. The lowest BCUT2D eigenvalue weighted by molar-refractivity contribution is 0.0601. The highest BCUT2D eigenvalue weighted by molar-refractivity contribution is 7.98. The number of nitrogens with one attached hydrogen (secondary N) is 1. The van der Waals surface area contributed by atoms with Crippen LogP contribution in [0.2, 0.25) is 0 Å². The fraction of sp³-hybridized carbons (Fsp3) is 0.250. The number of anilines is 1. The lowest BCUT2D eigenvalue weighted by Gasteiger charge is -2.17. The molecule has 0 spiro atoms. The molecule has 0 saturated carbocycles. The van der Waals surface area contributed by atoms with Crippen LogP contribution in [0, 0.1) is 11.3 Å². The van der Waals surface area contributed by atoms with Gasteiger partial charge in [-0.25, -0.2) is 9.78 Å². The van der Waals surface area contributed by atoms with Crippen LogP contribution in [0.4, 0.5) is 5.69 Å². The van der Waals surface area contributed by atoms with Crippen LogP contribution in [0.1, 0.15) is 15.9 Å². The molecule has 0 fully saturated rings. The molecule has 7 nitrogen and oxygen atoms in total. The average Bonchev–Trinajstić information content (AvgIpc) is 2.59. The summed E-state index contributed by atoms with van der Waals surface area (Å²) in [5, 5.41) is 9.67. The highest BCUT2D eigenvalue weighted by Crippen LogP contribution is 2.28. The Morgan fingerprint density at radius 2 is 2.12 bits per heavy atom. The lowest BCUT2D eigenvalue weighted by atomic mass is 10.0. The summed E-state index contributed by atoms with van der Waals surface area (Å²) in [6.07, 6.45) is 1.77. The molecule has 0 amide bonds. The predicted molar refractivity (Wildman–Crippen MR) is 92.5 cm³/mol. The third kappa shape index (κ3) is 3.26. The summed E-state index contributed by atoms with van der Waals surface area (Å²) < 4.78 is 4.82. The molecule has 8 heteroatoms. The van der Waals surface area contributed by atoms with Crippen molar-refractivity contribution in [1.29, 1.82) is 5.26 Å². The molecule has 0 radical (unpaired) electrons. The molecule has 1 N–H and O–H groups in total. The smallest absolute Gasteiger partial charge is 0.339 e. The molecule has 2 rings (SSSR count). The highest BCUT2D eigenvalue weighted by Gasteiger charge is 2.18. The number of hydrogen-bond acceptors (Lipinski definition) is 7. The number of hydrogen-bond donors (Lipinski definition) is 1. The zero-order valence-corrected chi connectivity index (χ0v) is 14.5. The molecule has 1 aromatic heterocycles. The van der Waals surface area contributed by atoms with Gasteiger partial charge in [-0.2, -0.15) is 5.26 Å². The summed E-state index contributed by atoms with van der Waals surface area (Å²) in [5.74, 6) is -0.506. The molecule has 0 aliphatic rings. The third-order valence-corrected chi connectivity index (χ3v) is 3.94. The SMILES string of the molecule is COC(=O)c1cc(-c2nc(SC)[nH]c(=O)c2C#N)ccc1N(C)C. The molecule has 0 saturated heterocycles. The molecular formula is C16H16N4O3S. The fourth-order valence-corrected chi connectivity index (χ4v) is 2.59. The number of carbonyl (C=O) groups excluding carboxylic acids is 1. The van der Waals surface area contributed by atoms with Crippen LogP contribution in [-0.2, 0) is 4.74 Å². The van der Waals surface area contributed by atoms with Crippen molar-refractivity contribution < 1.29 is 9.53 Å². The van der Waals surface area contributed by atoms with Gasteiger partial charge in [0, 0.05) is 19.7 Å². The number of aromatic nitrogens is 2. The first kappa shape index (κ1) is 17.6. The quantitative estimate of drug-likeness (QED) is 0.513. The van der Waals surface area contributed by atoms with E-state index in [1.54, 1.807) is 43.5 Å². The Morgan fingerprint density at radius 3 is 2.67 bits per heavy atom. The number of esters is 1. The van der Waals surface area contributed by atoms with E-state index in [0.717, 1.165) is 0 Å². The summed E-state index contributed by atoms with van der Waals surface area (Å²) in [4.78, 5) is 32.7. The second-order valence-corrected chi connectivity index (χ2v) is 5.82. The maximum Gasteiger partial charge on any atom is 0.339 e. The Kier molecular flexibility index (Phi) is 5.26. The van der Waals surface area contributed by atoms with Gasteiger partial charge >= 0.3 is 5.97 Å². The number of nitrogens with zero attached hydrogens (tertiary/aromatic N) is 3. The van der Waals surface area contributed by atoms with Crippen LogP contribution >= 0.6 is 11.8 Å². The van der Waals surface area contributed by atoms with Gasteiger partial charge in [0.2, 0.25) is 0 Å². The number of nitriles is 1. The van der Waals surface area contributed by atoms with E-state index in [2.05, 4.69) is 9.97 Å². The monoisotopic (exact) mass is 344 g/mol. The van der Waals surface area contributed by atoms with E-state index >= 15 is 0 Å². The van der Waals surface area contributed by atoms with Gasteiger partial charge in [0.15, 0.2) is 5.16 Å². The molecule has 1 aromatic carbocycles. The second-order valence-electron chi connectivity index (χ2n) is 5.03. The largest absolute Gasteiger partial charge is 0.465 e. The van der Waals surface area contributed by atoms with E-state index in [1.165, 1.54) is 18.9 Å². The first-order valence-electron chi connectivity index (χ1n) is 6.91. The fourth-order valence-electron chi connectivity index (χ4n) is 2.21. The number of aromatic amines is 1. The molecule has 24 heavy (non-hydrogen) atoms. The topological polar surface area (TPSA) is 99.1 Å². The van der Waals surface area contributed by atoms with E-state index in [9.17, 15) is 14.9 Å². The minimum Gasteiger partial charge on any atom is -0.465 e.